The SMILES string of the molecule is CC.CCc1cccc2c1OC(C)(C)C2. The highest BCUT2D eigenvalue weighted by Crippen LogP contribution is 2.37. The van der Waals surface area contributed by atoms with E-state index in [9.17, 15) is 0 Å². The van der Waals surface area contributed by atoms with Crippen LogP contribution in [0.25, 0.3) is 0 Å². The summed E-state index contributed by atoms with van der Waals surface area (Å²) in [6.45, 7) is 10.5. The van der Waals surface area contributed by atoms with Gasteiger partial charge in [0.05, 0.1) is 0 Å². The molecule has 0 unspecified atom stereocenters. The van der Waals surface area contributed by atoms with Crippen molar-refractivity contribution in [3.63, 3.8) is 0 Å². The zero-order valence-corrected chi connectivity index (χ0v) is 10.6. The molecule has 1 aliphatic heterocycles. The minimum atomic E-state index is -0.00634. The monoisotopic (exact) mass is 206 g/mol. The van der Waals surface area contributed by atoms with Gasteiger partial charge in [0.15, 0.2) is 0 Å². The van der Waals surface area contributed by atoms with Crippen molar-refractivity contribution >= 4 is 0 Å². The smallest absolute Gasteiger partial charge is 0.126 e. The lowest BCUT2D eigenvalue weighted by atomic mass is 10.00. The van der Waals surface area contributed by atoms with Gasteiger partial charge in [-0.05, 0) is 31.4 Å². The van der Waals surface area contributed by atoms with Crippen molar-refractivity contribution in [3.8, 4) is 5.75 Å². The molecule has 0 radical (unpaired) electrons. The summed E-state index contributed by atoms with van der Waals surface area (Å²) >= 11 is 0. The second kappa shape index (κ2) is 4.69. The van der Waals surface area contributed by atoms with Gasteiger partial charge < -0.3 is 4.74 Å². The Bertz CT molecular complexity index is 326. The second-order valence-corrected chi connectivity index (χ2v) is 4.30. The first kappa shape index (κ1) is 12.1. The normalized spacial score (nSPS) is 16.1. The lowest BCUT2D eigenvalue weighted by molar-refractivity contribution is 0.137. The summed E-state index contributed by atoms with van der Waals surface area (Å²) in [4.78, 5) is 0. The Morgan fingerprint density at radius 1 is 1.27 bits per heavy atom. The van der Waals surface area contributed by atoms with Gasteiger partial charge in [0, 0.05) is 6.42 Å². The molecule has 0 saturated heterocycles. The molecule has 0 spiro atoms. The predicted octanol–water partition coefficient (Wildman–Crippen LogP) is 3.99. The van der Waals surface area contributed by atoms with Gasteiger partial charge in [-0.1, -0.05) is 39.0 Å². The largest absolute Gasteiger partial charge is 0.487 e. The molecule has 1 nitrogen and oxygen atoms in total. The molecule has 1 aliphatic rings. The number of para-hydroxylation sites is 1. The van der Waals surface area contributed by atoms with E-state index in [4.69, 9.17) is 4.74 Å². The van der Waals surface area contributed by atoms with E-state index in [1.807, 2.05) is 13.8 Å². The van der Waals surface area contributed by atoms with E-state index < -0.39 is 0 Å². The molecule has 1 aromatic carbocycles. The molecule has 84 valence electrons. The highest BCUT2D eigenvalue weighted by Gasteiger charge is 2.30. The van der Waals surface area contributed by atoms with Crippen LogP contribution in [0.15, 0.2) is 18.2 Å². The number of hydrogen-bond donors (Lipinski definition) is 0. The number of ether oxygens (including phenoxy) is 1. The predicted molar refractivity (Wildman–Crippen MR) is 65.6 cm³/mol. The van der Waals surface area contributed by atoms with Gasteiger partial charge in [-0.15, -0.1) is 0 Å². The summed E-state index contributed by atoms with van der Waals surface area (Å²) < 4.78 is 5.92. The number of aryl methyl sites for hydroxylation is 1. The molecule has 1 aromatic rings. The third-order valence-corrected chi connectivity index (χ3v) is 2.55. The van der Waals surface area contributed by atoms with E-state index in [2.05, 4.69) is 39.0 Å². The van der Waals surface area contributed by atoms with Crippen LogP contribution < -0.4 is 4.74 Å². The van der Waals surface area contributed by atoms with Crippen molar-refractivity contribution in [2.24, 2.45) is 0 Å². The molecule has 0 aliphatic carbocycles. The van der Waals surface area contributed by atoms with Crippen molar-refractivity contribution in [2.75, 3.05) is 0 Å². The first-order valence-corrected chi connectivity index (χ1v) is 5.92. The molecule has 0 atom stereocenters. The van der Waals surface area contributed by atoms with Crippen LogP contribution in [-0.4, -0.2) is 5.60 Å². The van der Waals surface area contributed by atoms with Crippen LogP contribution in [0.4, 0.5) is 0 Å². The maximum Gasteiger partial charge on any atom is 0.126 e. The molecule has 0 aromatic heterocycles. The minimum absolute atomic E-state index is 0.00634. The van der Waals surface area contributed by atoms with E-state index in [0.29, 0.717) is 0 Å². The highest BCUT2D eigenvalue weighted by atomic mass is 16.5. The zero-order valence-electron chi connectivity index (χ0n) is 10.6. The number of rotatable bonds is 1. The van der Waals surface area contributed by atoms with Gasteiger partial charge in [-0.25, -0.2) is 0 Å². The Morgan fingerprint density at radius 2 is 1.93 bits per heavy atom. The minimum Gasteiger partial charge on any atom is -0.487 e. The average molecular weight is 206 g/mol. The van der Waals surface area contributed by atoms with Crippen molar-refractivity contribution in [2.45, 2.75) is 53.1 Å². The molecule has 0 N–H and O–H groups in total. The Balaban J connectivity index is 0.000000531. The summed E-state index contributed by atoms with van der Waals surface area (Å²) in [6.07, 6.45) is 2.09. The van der Waals surface area contributed by atoms with Gasteiger partial charge in [0.2, 0.25) is 0 Å². The molecule has 15 heavy (non-hydrogen) atoms. The van der Waals surface area contributed by atoms with Crippen LogP contribution >= 0.6 is 0 Å². The summed E-state index contributed by atoms with van der Waals surface area (Å²) in [5.74, 6) is 1.13. The summed E-state index contributed by atoms with van der Waals surface area (Å²) in [5.41, 5.74) is 2.69. The molecule has 1 heterocycles. The number of fused-ring (bicyclic) bond motifs is 1. The van der Waals surface area contributed by atoms with Gasteiger partial charge in [0.1, 0.15) is 11.4 Å². The fourth-order valence-corrected chi connectivity index (χ4v) is 1.96. The fraction of sp³-hybridized carbons (Fsp3) is 0.571. The van der Waals surface area contributed by atoms with Crippen LogP contribution in [0, 0.1) is 0 Å². The average Bonchev–Trinajstić information content (AvgIpc) is 2.54. The first-order valence-electron chi connectivity index (χ1n) is 5.92. The highest BCUT2D eigenvalue weighted by molar-refractivity contribution is 5.45. The standard InChI is InChI=1S/C12H16O.C2H6/c1-4-9-6-5-7-10-8-12(2,3)13-11(9)10;1-2/h5-7H,4,8H2,1-3H3;1-2H3. The van der Waals surface area contributed by atoms with Crippen LogP contribution in [0.2, 0.25) is 0 Å². The molecule has 0 saturated carbocycles. The Hall–Kier alpha value is -0.980. The quantitative estimate of drug-likeness (QED) is 0.675. The van der Waals surface area contributed by atoms with Crippen molar-refractivity contribution in [3.05, 3.63) is 29.3 Å². The Labute approximate surface area is 93.5 Å². The fourth-order valence-electron chi connectivity index (χ4n) is 1.96. The molecule has 0 amide bonds. The molecule has 0 fully saturated rings. The van der Waals surface area contributed by atoms with Gasteiger partial charge in [-0.3, -0.25) is 0 Å². The van der Waals surface area contributed by atoms with E-state index in [0.717, 1.165) is 18.6 Å². The molecular formula is C14H22O. The maximum atomic E-state index is 5.92. The first-order chi connectivity index (χ1) is 7.12. The van der Waals surface area contributed by atoms with Crippen LogP contribution in [0.5, 0.6) is 5.75 Å². The van der Waals surface area contributed by atoms with Crippen LogP contribution in [0.3, 0.4) is 0 Å². The Morgan fingerprint density at radius 3 is 2.53 bits per heavy atom. The molecular weight excluding hydrogens is 184 g/mol. The topological polar surface area (TPSA) is 9.23 Å². The van der Waals surface area contributed by atoms with Crippen molar-refractivity contribution in [1.82, 2.24) is 0 Å². The van der Waals surface area contributed by atoms with E-state index >= 15 is 0 Å². The summed E-state index contributed by atoms with van der Waals surface area (Å²) in [6, 6.07) is 6.45. The van der Waals surface area contributed by atoms with Gasteiger partial charge in [0.25, 0.3) is 0 Å². The van der Waals surface area contributed by atoms with Gasteiger partial charge in [-0.2, -0.15) is 0 Å². The Kier molecular flexibility index (Phi) is 3.78. The maximum absolute atomic E-state index is 5.92. The summed E-state index contributed by atoms with van der Waals surface area (Å²) in [5, 5.41) is 0. The van der Waals surface area contributed by atoms with Crippen LogP contribution in [0.1, 0.15) is 45.7 Å². The number of benzene rings is 1. The zero-order chi connectivity index (χ0) is 11.5. The molecule has 1 heteroatoms. The lowest BCUT2D eigenvalue weighted by Gasteiger charge is -2.17. The number of hydrogen-bond acceptors (Lipinski definition) is 1. The molecule has 0 bridgehead atoms. The van der Waals surface area contributed by atoms with Gasteiger partial charge >= 0.3 is 0 Å². The van der Waals surface area contributed by atoms with Crippen molar-refractivity contribution < 1.29 is 4.74 Å². The lowest BCUT2D eigenvalue weighted by Crippen LogP contribution is -2.24. The summed E-state index contributed by atoms with van der Waals surface area (Å²) in [7, 11) is 0. The second-order valence-electron chi connectivity index (χ2n) is 4.30. The van der Waals surface area contributed by atoms with E-state index in [-0.39, 0.29) is 5.60 Å². The van der Waals surface area contributed by atoms with E-state index in [1.165, 1.54) is 11.1 Å². The molecule has 2 rings (SSSR count). The third kappa shape index (κ3) is 2.53. The van der Waals surface area contributed by atoms with E-state index in [1.54, 1.807) is 0 Å². The third-order valence-electron chi connectivity index (χ3n) is 2.55. The van der Waals surface area contributed by atoms with Crippen LogP contribution in [-0.2, 0) is 12.8 Å². The van der Waals surface area contributed by atoms with Crippen molar-refractivity contribution in [1.29, 1.82) is 0 Å².